The first-order chi connectivity index (χ1) is 13.6. The van der Waals surface area contributed by atoms with Crippen molar-refractivity contribution in [2.45, 2.75) is 64.2 Å². The highest BCUT2D eigenvalue weighted by atomic mass is 79.9. The molecule has 1 aromatic carbocycles. The summed E-state index contributed by atoms with van der Waals surface area (Å²) >= 11 is 3.58. The Morgan fingerprint density at radius 1 is 1.04 bits per heavy atom. The van der Waals surface area contributed by atoms with E-state index in [1.807, 2.05) is 18.2 Å². The third kappa shape index (κ3) is 3.57. The van der Waals surface area contributed by atoms with E-state index in [0.29, 0.717) is 19.4 Å². The van der Waals surface area contributed by atoms with Crippen LogP contribution in [0.15, 0.2) is 45.2 Å². The van der Waals surface area contributed by atoms with Gasteiger partial charge in [0.25, 0.3) is 0 Å². The Bertz CT molecular complexity index is 842. The maximum atomic E-state index is 13.0. The third-order valence-electron chi connectivity index (χ3n) is 5.83. The second kappa shape index (κ2) is 8.24. The molecule has 148 valence electrons. The SMILES string of the molecule is CCCCOc1ccc(Br)cc1C1C2=C(CCCC2=O)NC2=C1C(=O)CCC2. The minimum Gasteiger partial charge on any atom is -0.493 e. The first-order valence-electron chi connectivity index (χ1n) is 10.3. The van der Waals surface area contributed by atoms with Crippen LogP contribution in [0.25, 0.3) is 0 Å². The molecule has 0 saturated heterocycles. The van der Waals surface area contributed by atoms with Crippen LogP contribution in [0.4, 0.5) is 0 Å². The van der Waals surface area contributed by atoms with Gasteiger partial charge in [-0.05, 0) is 50.3 Å². The number of hydrogen-bond acceptors (Lipinski definition) is 4. The van der Waals surface area contributed by atoms with E-state index in [0.717, 1.165) is 76.9 Å². The molecule has 1 aromatic rings. The standard InChI is InChI=1S/C23H26BrNO3/c1-2-3-12-28-20-11-10-14(24)13-15(20)21-22-16(6-4-8-18(22)26)25-17-7-5-9-19(27)23(17)21/h10-11,13,21,25H,2-9,12H2,1H3. The molecule has 0 atom stereocenters. The number of allylic oxidation sites excluding steroid dienone is 4. The zero-order valence-electron chi connectivity index (χ0n) is 16.3. The Morgan fingerprint density at radius 3 is 2.29 bits per heavy atom. The third-order valence-corrected chi connectivity index (χ3v) is 6.32. The summed E-state index contributed by atoms with van der Waals surface area (Å²) in [4.78, 5) is 25.9. The number of Topliss-reactive ketones (excluding diaryl/α,β-unsaturated/α-hetero) is 2. The number of hydrogen-bond donors (Lipinski definition) is 1. The maximum absolute atomic E-state index is 13.0. The molecule has 0 amide bonds. The molecule has 1 heterocycles. The maximum Gasteiger partial charge on any atom is 0.161 e. The highest BCUT2D eigenvalue weighted by molar-refractivity contribution is 9.10. The Labute approximate surface area is 174 Å². The van der Waals surface area contributed by atoms with Crippen molar-refractivity contribution < 1.29 is 14.3 Å². The van der Waals surface area contributed by atoms with Crippen molar-refractivity contribution in [3.63, 3.8) is 0 Å². The molecule has 1 aliphatic heterocycles. The zero-order chi connectivity index (χ0) is 19.7. The second-order valence-electron chi connectivity index (χ2n) is 7.78. The first kappa shape index (κ1) is 19.4. The van der Waals surface area contributed by atoms with Gasteiger partial charge in [-0.15, -0.1) is 0 Å². The minimum absolute atomic E-state index is 0.156. The highest BCUT2D eigenvalue weighted by Gasteiger charge is 2.41. The molecule has 2 aliphatic carbocycles. The summed E-state index contributed by atoms with van der Waals surface area (Å²) < 4.78 is 7.04. The number of carbonyl (C=O) groups excluding carboxylic acids is 2. The largest absolute Gasteiger partial charge is 0.493 e. The number of rotatable bonds is 5. The number of nitrogens with one attached hydrogen (secondary N) is 1. The van der Waals surface area contributed by atoms with Crippen molar-refractivity contribution >= 4 is 27.5 Å². The molecular weight excluding hydrogens is 418 g/mol. The molecule has 0 spiro atoms. The van der Waals surface area contributed by atoms with Crippen molar-refractivity contribution in [3.05, 3.63) is 50.8 Å². The summed E-state index contributed by atoms with van der Waals surface area (Å²) in [5.41, 5.74) is 4.50. The van der Waals surface area contributed by atoms with E-state index in [4.69, 9.17) is 4.74 Å². The van der Waals surface area contributed by atoms with E-state index < -0.39 is 0 Å². The quantitative estimate of drug-likeness (QED) is 0.624. The summed E-state index contributed by atoms with van der Waals surface area (Å²) in [6, 6.07) is 5.94. The monoisotopic (exact) mass is 443 g/mol. The van der Waals surface area contributed by atoms with Gasteiger partial charge in [0.15, 0.2) is 11.6 Å². The smallest absolute Gasteiger partial charge is 0.161 e. The number of unbranched alkanes of at least 4 members (excludes halogenated alkanes) is 1. The van der Waals surface area contributed by atoms with Crippen LogP contribution in [-0.4, -0.2) is 18.2 Å². The summed E-state index contributed by atoms with van der Waals surface area (Å²) in [5, 5.41) is 3.47. The van der Waals surface area contributed by atoms with Crippen molar-refractivity contribution in [2.75, 3.05) is 6.61 Å². The first-order valence-corrected chi connectivity index (χ1v) is 11.1. The fourth-order valence-corrected chi connectivity index (χ4v) is 4.88. The van der Waals surface area contributed by atoms with Crippen LogP contribution in [0.2, 0.25) is 0 Å². The Balaban J connectivity index is 1.86. The molecule has 0 bridgehead atoms. The number of dihydropyridines is 1. The van der Waals surface area contributed by atoms with Crippen LogP contribution in [0.3, 0.4) is 0 Å². The molecule has 28 heavy (non-hydrogen) atoms. The van der Waals surface area contributed by atoms with E-state index in [-0.39, 0.29) is 17.5 Å². The lowest BCUT2D eigenvalue weighted by Gasteiger charge is -2.37. The van der Waals surface area contributed by atoms with Crippen molar-refractivity contribution in [1.82, 2.24) is 5.32 Å². The Kier molecular flexibility index (Phi) is 5.72. The summed E-state index contributed by atoms with van der Waals surface area (Å²) in [7, 11) is 0. The summed E-state index contributed by atoms with van der Waals surface area (Å²) in [6.07, 6.45) is 6.59. The molecule has 0 unspecified atom stereocenters. The van der Waals surface area contributed by atoms with Crippen LogP contribution in [0.5, 0.6) is 5.75 Å². The van der Waals surface area contributed by atoms with Crippen LogP contribution < -0.4 is 10.1 Å². The lowest BCUT2D eigenvalue weighted by Crippen LogP contribution is -2.36. The summed E-state index contributed by atoms with van der Waals surface area (Å²) in [5.74, 6) is 0.770. The minimum atomic E-state index is -0.319. The van der Waals surface area contributed by atoms with Crippen LogP contribution in [0.1, 0.15) is 69.8 Å². The van der Waals surface area contributed by atoms with Crippen molar-refractivity contribution in [2.24, 2.45) is 0 Å². The molecule has 0 saturated carbocycles. The van der Waals surface area contributed by atoms with Gasteiger partial charge in [-0.2, -0.15) is 0 Å². The average molecular weight is 444 g/mol. The molecule has 0 aromatic heterocycles. The van der Waals surface area contributed by atoms with Crippen LogP contribution >= 0.6 is 15.9 Å². The van der Waals surface area contributed by atoms with E-state index in [2.05, 4.69) is 28.2 Å². The lowest BCUT2D eigenvalue weighted by molar-refractivity contribution is -0.116. The Morgan fingerprint density at radius 2 is 1.68 bits per heavy atom. The summed E-state index contributed by atoms with van der Waals surface area (Å²) in [6.45, 7) is 2.77. The van der Waals surface area contributed by atoms with Gasteiger partial charge in [0, 0.05) is 51.3 Å². The topological polar surface area (TPSA) is 55.4 Å². The molecule has 3 aliphatic rings. The molecule has 5 heteroatoms. The van der Waals surface area contributed by atoms with Gasteiger partial charge in [-0.1, -0.05) is 29.3 Å². The number of benzene rings is 1. The molecule has 4 rings (SSSR count). The van der Waals surface area contributed by atoms with Crippen LogP contribution in [-0.2, 0) is 9.59 Å². The molecular formula is C23H26BrNO3. The predicted molar refractivity (Wildman–Crippen MR) is 112 cm³/mol. The number of ether oxygens (including phenoxy) is 1. The van der Waals surface area contributed by atoms with Crippen molar-refractivity contribution in [3.8, 4) is 5.75 Å². The molecule has 1 N–H and O–H groups in total. The average Bonchev–Trinajstić information content (AvgIpc) is 2.68. The van der Waals surface area contributed by atoms with Crippen molar-refractivity contribution in [1.29, 1.82) is 0 Å². The molecule has 0 fully saturated rings. The van der Waals surface area contributed by atoms with Gasteiger partial charge in [0.2, 0.25) is 0 Å². The highest BCUT2D eigenvalue weighted by Crippen LogP contribution is 2.48. The predicted octanol–water partition coefficient (Wildman–Crippen LogP) is 5.33. The van der Waals surface area contributed by atoms with Crippen LogP contribution in [0, 0.1) is 0 Å². The van der Waals surface area contributed by atoms with Gasteiger partial charge >= 0.3 is 0 Å². The van der Waals surface area contributed by atoms with E-state index in [1.165, 1.54) is 0 Å². The normalized spacial score (nSPS) is 20.1. The van der Waals surface area contributed by atoms with Gasteiger partial charge in [0.05, 0.1) is 6.61 Å². The number of halogens is 1. The van der Waals surface area contributed by atoms with Gasteiger partial charge in [0.1, 0.15) is 5.75 Å². The number of carbonyl (C=O) groups is 2. The number of ketones is 2. The van der Waals surface area contributed by atoms with E-state index in [9.17, 15) is 9.59 Å². The molecule has 4 nitrogen and oxygen atoms in total. The second-order valence-corrected chi connectivity index (χ2v) is 8.70. The fourth-order valence-electron chi connectivity index (χ4n) is 4.50. The zero-order valence-corrected chi connectivity index (χ0v) is 17.9. The fraction of sp³-hybridized carbons (Fsp3) is 0.478. The molecule has 0 radical (unpaired) electrons. The van der Waals surface area contributed by atoms with E-state index in [1.54, 1.807) is 0 Å². The van der Waals surface area contributed by atoms with E-state index >= 15 is 0 Å². The Hall–Kier alpha value is -1.88. The van der Waals surface area contributed by atoms with Gasteiger partial charge < -0.3 is 10.1 Å². The van der Waals surface area contributed by atoms with Gasteiger partial charge in [-0.25, -0.2) is 0 Å². The van der Waals surface area contributed by atoms with Gasteiger partial charge in [-0.3, -0.25) is 9.59 Å². The lowest BCUT2D eigenvalue weighted by atomic mass is 9.71.